The molecule has 3 N–H and O–H groups in total. The number of H-pyrrole nitrogens is 2. The quantitative estimate of drug-likeness (QED) is 0.523. The van der Waals surface area contributed by atoms with Crippen LogP contribution < -0.4 is 10.9 Å². The molecule has 1 fully saturated rings. The van der Waals surface area contributed by atoms with Gasteiger partial charge in [-0.3, -0.25) is 4.79 Å². The molecular weight excluding hydrogens is 330 g/mol. The normalized spacial score (nSPS) is 13.8. The highest BCUT2D eigenvalue weighted by Gasteiger charge is 2.22. The number of imidazole rings is 1. The first-order valence-corrected chi connectivity index (χ1v) is 8.41. The predicted octanol–water partition coefficient (Wildman–Crippen LogP) is 2.34. The Morgan fingerprint density at radius 2 is 1.96 bits per heavy atom. The molecule has 0 spiro atoms. The number of rotatable bonds is 4. The van der Waals surface area contributed by atoms with Crippen molar-refractivity contribution in [3.05, 3.63) is 52.9 Å². The molecule has 0 atom stereocenters. The lowest BCUT2D eigenvalue weighted by atomic mass is 10.2. The average Bonchev–Trinajstić information content (AvgIpc) is 3.37. The number of aromatic nitrogens is 6. The number of aromatic amines is 2. The minimum Gasteiger partial charge on any atom is -0.351 e. The Hall–Kier alpha value is -3.55. The maximum absolute atomic E-state index is 12.3. The van der Waals surface area contributed by atoms with Crippen LogP contribution in [0.3, 0.4) is 0 Å². The van der Waals surface area contributed by atoms with Crippen LogP contribution in [0.15, 0.2) is 47.4 Å². The maximum Gasteiger partial charge on any atom is 0.275 e. The molecule has 0 radical (unpaired) electrons. The molecule has 1 aliphatic carbocycles. The second-order valence-electron chi connectivity index (χ2n) is 6.28. The number of nitrogens with one attached hydrogen (secondary N) is 3. The van der Waals surface area contributed by atoms with Crippen molar-refractivity contribution in [1.82, 2.24) is 30.1 Å². The van der Waals surface area contributed by atoms with Crippen molar-refractivity contribution in [3.63, 3.8) is 0 Å². The zero-order valence-corrected chi connectivity index (χ0v) is 13.7. The number of fused-ring (bicyclic) bond motifs is 1. The second kappa shape index (κ2) is 5.76. The van der Waals surface area contributed by atoms with Crippen LogP contribution in [0.1, 0.15) is 12.8 Å². The summed E-state index contributed by atoms with van der Waals surface area (Å²) in [5.74, 6) is 1.07. The fourth-order valence-electron chi connectivity index (χ4n) is 2.77. The fraction of sp³-hybridized carbons (Fsp3) is 0.167. The third-order valence-corrected chi connectivity index (χ3v) is 4.28. The van der Waals surface area contributed by atoms with Crippen molar-refractivity contribution in [3.8, 4) is 22.8 Å². The summed E-state index contributed by atoms with van der Waals surface area (Å²) in [6.45, 7) is 0. The molecule has 8 heteroatoms. The largest absolute Gasteiger partial charge is 0.351 e. The first-order valence-electron chi connectivity index (χ1n) is 8.41. The van der Waals surface area contributed by atoms with Gasteiger partial charge >= 0.3 is 0 Å². The van der Waals surface area contributed by atoms with E-state index in [0.29, 0.717) is 34.8 Å². The van der Waals surface area contributed by atoms with Crippen molar-refractivity contribution in [2.45, 2.75) is 18.9 Å². The Morgan fingerprint density at radius 3 is 2.81 bits per heavy atom. The highest BCUT2D eigenvalue weighted by atomic mass is 16.1. The Morgan fingerprint density at radius 1 is 1.08 bits per heavy atom. The number of hydrogen-bond acceptors (Lipinski definition) is 6. The van der Waals surface area contributed by atoms with Gasteiger partial charge in [-0.05, 0) is 37.1 Å². The van der Waals surface area contributed by atoms with Gasteiger partial charge in [-0.1, -0.05) is 12.1 Å². The van der Waals surface area contributed by atoms with E-state index in [1.54, 1.807) is 18.3 Å². The lowest BCUT2D eigenvalue weighted by Crippen LogP contribution is -2.12. The topological polar surface area (TPSA) is 112 Å². The molecule has 0 amide bonds. The van der Waals surface area contributed by atoms with E-state index in [9.17, 15) is 4.79 Å². The molecule has 1 saturated carbocycles. The Balaban J connectivity index is 1.57. The molecule has 1 aliphatic rings. The van der Waals surface area contributed by atoms with Crippen LogP contribution in [0, 0.1) is 0 Å². The molecule has 26 heavy (non-hydrogen) atoms. The molecule has 8 nitrogen and oxygen atoms in total. The van der Waals surface area contributed by atoms with Gasteiger partial charge in [0.1, 0.15) is 11.5 Å². The summed E-state index contributed by atoms with van der Waals surface area (Å²) in [6.07, 6.45) is 3.96. The summed E-state index contributed by atoms with van der Waals surface area (Å²) in [4.78, 5) is 28.7. The van der Waals surface area contributed by atoms with Crippen LogP contribution in [-0.4, -0.2) is 36.2 Å². The summed E-state index contributed by atoms with van der Waals surface area (Å²) in [5.41, 5.74) is 2.98. The van der Waals surface area contributed by atoms with Gasteiger partial charge in [-0.25, -0.2) is 20.1 Å². The van der Waals surface area contributed by atoms with Crippen LogP contribution in [-0.2, 0) is 0 Å². The van der Waals surface area contributed by atoms with Gasteiger partial charge in [0, 0.05) is 12.2 Å². The monoisotopic (exact) mass is 345 g/mol. The summed E-state index contributed by atoms with van der Waals surface area (Å²) < 4.78 is 0. The number of nitrogens with zero attached hydrogens (tertiary/aromatic N) is 4. The van der Waals surface area contributed by atoms with Crippen molar-refractivity contribution in [2.24, 2.45) is 0 Å². The molecule has 3 heterocycles. The number of hydrogen-bond donors (Lipinski definition) is 3. The van der Waals surface area contributed by atoms with Crippen LogP contribution in [0.5, 0.6) is 0 Å². The van der Waals surface area contributed by atoms with Gasteiger partial charge < -0.3 is 10.3 Å². The first kappa shape index (κ1) is 14.8. The van der Waals surface area contributed by atoms with E-state index in [4.69, 9.17) is 0 Å². The molecule has 5 rings (SSSR count). The Bertz CT molecular complexity index is 1130. The standard InChI is InChI=1S/C18H15N7O/c26-17-11(16-21-12-3-1-2-4-13(12)22-16)9-15(24-25-17)14-7-8-19-18(23-14)20-10-5-6-10/h1-4,7-10H,5-6H2,(H,21,22)(H,25,26)(H,19,20,23). The van der Waals surface area contributed by atoms with Crippen LogP contribution in [0.2, 0.25) is 0 Å². The van der Waals surface area contributed by atoms with E-state index in [0.717, 1.165) is 23.9 Å². The summed E-state index contributed by atoms with van der Waals surface area (Å²) in [5, 5.41) is 9.92. The first-order chi connectivity index (χ1) is 12.8. The number of benzene rings is 1. The van der Waals surface area contributed by atoms with Gasteiger partial charge in [0.15, 0.2) is 0 Å². The molecule has 0 bridgehead atoms. The summed E-state index contributed by atoms with van der Waals surface area (Å²) in [6, 6.07) is 11.6. The van der Waals surface area contributed by atoms with Crippen molar-refractivity contribution in [1.29, 1.82) is 0 Å². The van der Waals surface area contributed by atoms with E-state index >= 15 is 0 Å². The third-order valence-electron chi connectivity index (χ3n) is 4.28. The zero-order valence-electron chi connectivity index (χ0n) is 13.7. The van der Waals surface area contributed by atoms with Crippen LogP contribution >= 0.6 is 0 Å². The smallest absolute Gasteiger partial charge is 0.275 e. The summed E-state index contributed by atoms with van der Waals surface area (Å²) in [7, 11) is 0. The minimum absolute atomic E-state index is 0.307. The molecule has 3 aromatic heterocycles. The van der Waals surface area contributed by atoms with E-state index in [1.807, 2.05) is 24.3 Å². The average molecular weight is 345 g/mol. The van der Waals surface area contributed by atoms with E-state index in [-0.39, 0.29) is 5.56 Å². The predicted molar refractivity (Wildman–Crippen MR) is 97.6 cm³/mol. The van der Waals surface area contributed by atoms with Crippen molar-refractivity contribution < 1.29 is 0 Å². The molecule has 128 valence electrons. The summed E-state index contributed by atoms with van der Waals surface area (Å²) >= 11 is 0. The molecule has 0 aliphatic heterocycles. The Kier molecular flexibility index (Phi) is 3.27. The van der Waals surface area contributed by atoms with Gasteiger partial charge in [0.05, 0.1) is 22.3 Å². The second-order valence-corrected chi connectivity index (χ2v) is 6.28. The van der Waals surface area contributed by atoms with E-state index in [2.05, 4.69) is 35.5 Å². The van der Waals surface area contributed by atoms with Crippen molar-refractivity contribution in [2.75, 3.05) is 5.32 Å². The lowest BCUT2D eigenvalue weighted by molar-refractivity contribution is 0.980. The van der Waals surface area contributed by atoms with Gasteiger partial charge in [0.2, 0.25) is 5.95 Å². The highest BCUT2D eigenvalue weighted by Crippen LogP contribution is 2.24. The molecule has 1 aromatic carbocycles. The maximum atomic E-state index is 12.3. The van der Waals surface area contributed by atoms with Crippen LogP contribution in [0.4, 0.5) is 5.95 Å². The highest BCUT2D eigenvalue weighted by molar-refractivity contribution is 5.79. The lowest BCUT2D eigenvalue weighted by Gasteiger charge is -2.05. The van der Waals surface area contributed by atoms with Gasteiger partial charge in [0.25, 0.3) is 5.56 Å². The zero-order chi connectivity index (χ0) is 17.5. The third kappa shape index (κ3) is 2.71. The van der Waals surface area contributed by atoms with E-state index in [1.165, 1.54) is 0 Å². The number of para-hydroxylation sites is 2. The van der Waals surface area contributed by atoms with Crippen molar-refractivity contribution >= 4 is 17.0 Å². The van der Waals surface area contributed by atoms with E-state index < -0.39 is 0 Å². The molecule has 4 aromatic rings. The fourth-order valence-corrected chi connectivity index (χ4v) is 2.77. The Labute approximate surface area is 147 Å². The number of anilines is 1. The van der Waals surface area contributed by atoms with Gasteiger partial charge in [-0.15, -0.1) is 0 Å². The SMILES string of the molecule is O=c1[nH]nc(-c2ccnc(NC3CC3)n2)cc1-c1nc2ccccc2[nH]1. The van der Waals surface area contributed by atoms with Crippen LogP contribution in [0.25, 0.3) is 33.8 Å². The van der Waals surface area contributed by atoms with Gasteiger partial charge in [-0.2, -0.15) is 5.10 Å². The molecule has 0 saturated heterocycles. The molecular formula is C18H15N7O. The minimum atomic E-state index is -0.307. The molecule has 0 unspecified atom stereocenters.